The lowest BCUT2D eigenvalue weighted by Crippen LogP contribution is -1.95. The van der Waals surface area contributed by atoms with Gasteiger partial charge < -0.3 is 19.3 Å². The lowest BCUT2D eigenvalue weighted by molar-refractivity contribution is 0.174. The van der Waals surface area contributed by atoms with E-state index in [-0.39, 0.29) is 13.4 Å². The summed E-state index contributed by atoms with van der Waals surface area (Å²) in [7, 11) is 0. The fourth-order valence-corrected chi connectivity index (χ4v) is 1.84. The number of hydrogen-bond donors (Lipinski definition) is 1. The maximum Gasteiger partial charge on any atom is 0.231 e. The van der Waals surface area contributed by atoms with Gasteiger partial charge in [-0.15, -0.1) is 0 Å². The minimum atomic E-state index is -0.118. The number of pyridine rings is 1. The van der Waals surface area contributed by atoms with Crippen molar-refractivity contribution in [2.75, 3.05) is 6.79 Å². The molecule has 1 N–H and O–H groups in total. The van der Waals surface area contributed by atoms with Gasteiger partial charge in [0.1, 0.15) is 11.5 Å². The first-order chi connectivity index (χ1) is 9.26. The summed E-state index contributed by atoms with van der Waals surface area (Å²) in [5.41, 5.74) is 1.47. The second-order valence-electron chi connectivity index (χ2n) is 4.21. The van der Waals surface area contributed by atoms with Gasteiger partial charge >= 0.3 is 0 Å². The normalized spacial score (nSPS) is 12.5. The molecule has 98 valence electrons. The van der Waals surface area contributed by atoms with Gasteiger partial charge in [-0.25, -0.2) is 0 Å². The van der Waals surface area contributed by atoms with Gasteiger partial charge in [0.15, 0.2) is 11.5 Å². The summed E-state index contributed by atoms with van der Waals surface area (Å²) in [5, 5.41) is 9.28. The maximum absolute atomic E-state index is 9.28. The Kier molecular flexibility index (Phi) is 2.97. The van der Waals surface area contributed by atoms with Gasteiger partial charge in [0.25, 0.3) is 0 Å². The number of aromatic nitrogens is 1. The molecular weight excluding hydrogens is 246 g/mol. The third-order valence-corrected chi connectivity index (χ3v) is 2.82. The van der Waals surface area contributed by atoms with Crippen molar-refractivity contribution < 1.29 is 19.3 Å². The van der Waals surface area contributed by atoms with Gasteiger partial charge in [0.05, 0.1) is 6.61 Å². The van der Waals surface area contributed by atoms with Crippen LogP contribution in [0.25, 0.3) is 0 Å². The Balaban J connectivity index is 1.90. The molecule has 19 heavy (non-hydrogen) atoms. The van der Waals surface area contributed by atoms with Crippen LogP contribution in [0.4, 0.5) is 0 Å². The standard InChI is InChI=1S/C14H13NO4/c1-9-4-13(10(7-16)6-15-9)19-11-2-3-12-14(5-11)18-8-17-12/h2-6,16H,7-8H2,1H3. The summed E-state index contributed by atoms with van der Waals surface area (Å²) in [5.74, 6) is 2.59. The Bertz CT molecular complexity index is 612. The van der Waals surface area contributed by atoms with Gasteiger partial charge in [0, 0.05) is 29.6 Å². The third kappa shape index (κ3) is 2.32. The number of benzene rings is 1. The van der Waals surface area contributed by atoms with E-state index in [1.165, 1.54) is 0 Å². The van der Waals surface area contributed by atoms with Crippen LogP contribution in [0.1, 0.15) is 11.3 Å². The Morgan fingerprint density at radius 3 is 2.95 bits per heavy atom. The van der Waals surface area contributed by atoms with E-state index < -0.39 is 0 Å². The van der Waals surface area contributed by atoms with E-state index in [2.05, 4.69) is 4.98 Å². The predicted molar refractivity (Wildman–Crippen MR) is 67.5 cm³/mol. The molecule has 1 aliphatic rings. The topological polar surface area (TPSA) is 60.8 Å². The molecule has 0 radical (unpaired) electrons. The number of aliphatic hydroxyl groups excluding tert-OH is 1. The quantitative estimate of drug-likeness (QED) is 0.917. The number of aliphatic hydroxyl groups is 1. The number of fused-ring (bicyclic) bond motifs is 1. The molecule has 5 nitrogen and oxygen atoms in total. The summed E-state index contributed by atoms with van der Waals surface area (Å²) >= 11 is 0. The number of aryl methyl sites for hydroxylation is 1. The van der Waals surface area contributed by atoms with Gasteiger partial charge in [-0.1, -0.05) is 0 Å². The van der Waals surface area contributed by atoms with Crippen molar-refractivity contribution in [2.45, 2.75) is 13.5 Å². The van der Waals surface area contributed by atoms with Crippen LogP contribution in [0.3, 0.4) is 0 Å². The largest absolute Gasteiger partial charge is 0.457 e. The molecule has 0 fully saturated rings. The van der Waals surface area contributed by atoms with Crippen molar-refractivity contribution in [2.24, 2.45) is 0 Å². The molecule has 0 unspecified atom stereocenters. The second-order valence-corrected chi connectivity index (χ2v) is 4.21. The van der Waals surface area contributed by atoms with E-state index in [9.17, 15) is 5.11 Å². The highest BCUT2D eigenvalue weighted by Crippen LogP contribution is 2.37. The van der Waals surface area contributed by atoms with Crippen molar-refractivity contribution in [3.05, 3.63) is 41.7 Å². The van der Waals surface area contributed by atoms with E-state index in [4.69, 9.17) is 14.2 Å². The first-order valence-corrected chi connectivity index (χ1v) is 5.90. The third-order valence-electron chi connectivity index (χ3n) is 2.82. The maximum atomic E-state index is 9.28. The molecule has 2 heterocycles. The van der Waals surface area contributed by atoms with E-state index in [0.29, 0.717) is 28.6 Å². The first-order valence-electron chi connectivity index (χ1n) is 5.90. The molecule has 1 aliphatic heterocycles. The molecule has 0 spiro atoms. The number of ether oxygens (including phenoxy) is 3. The monoisotopic (exact) mass is 259 g/mol. The minimum absolute atomic E-state index is 0.118. The molecular formula is C14H13NO4. The zero-order chi connectivity index (χ0) is 13.2. The average Bonchev–Trinajstić information content (AvgIpc) is 2.86. The molecule has 0 amide bonds. The van der Waals surface area contributed by atoms with E-state index in [1.54, 1.807) is 30.5 Å². The summed E-state index contributed by atoms with van der Waals surface area (Å²) in [6.07, 6.45) is 1.61. The highest BCUT2D eigenvalue weighted by Gasteiger charge is 2.14. The minimum Gasteiger partial charge on any atom is -0.457 e. The zero-order valence-corrected chi connectivity index (χ0v) is 10.4. The van der Waals surface area contributed by atoms with E-state index in [0.717, 1.165) is 5.69 Å². The predicted octanol–water partition coefficient (Wildman–Crippen LogP) is 2.40. The zero-order valence-electron chi connectivity index (χ0n) is 10.4. The molecule has 0 atom stereocenters. The van der Waals surface area contributed by atoms with Crippen LogP contribution in [0.5, 0.6) is 23.0 Å². The van der Waals surface area contributed by atoms with Crippen LogP contribution in [-0.2, 0) is 6.61 Å². The second kappa shape index (κ2) is 4.78. The average molecular weight is 259 g/mol. The summed E-state index contributed by atoms with van der Waals surface area (Å²) < 4.78 is 16.3. The van der Waals surface area contributed by atoms with Crippen molar-refractivity contribution in [3.63, 3.8) is 0 Å². The van der Waals surface area contributed by atoms with Crippen molar-refractivity contribution in [1.29, 1.82) is 0 Å². The van der Waals surface area contributed by atoms with Gasteiger partial charge in [0.2, 0.25) is 6.79 Å². The van der Waals surface area contributed by atoms with Crippen LogP contribution in [0.15, 0.2) is 30.5 Å². The Hall–Kier alpha value is -2.27. The van der Waals surface area contributed by atoms with Crippen molar-refractivity contribution in [3.8, 4) is 23.0 Å². The highest BCUT2D eigenvalue weighted by atomic mass is 16.7. The Morgan fingerprint density at radius 2 is 2.11 bits per heavy atom. The fraction of sp³-hybridized carbons (Fsp3) is 0.214. The Labute approximate surface area is 110 Å². The van der Waals surface area contributed by atoms with Gasteiger partial charge in [-0.3, -0.25) is 4.98 Å². The SMILES string of the molecule is Cc1cc(Oc2ccc3c(c2)OCO3)c(CO)cn1. The van der Waals surface area contributed by atoms with E-state index in [1.807, 2.05) is 6.92 Å². The molecule has 0 saturated heterocycles. The van der Waals surface area contributed by atoms with Gasteiger partial charge in [-0.05, 0) is 19.1 Å². The van der Waals surface area contributed by atoms with Crippen LogP contribution in [-0.4, -0.2) is 16.9 Å². The molecule has 3 rings (SSSR count). The molecule has 1 aromatic heterocycles. The number of hydrogen-bond acceptors (Lipinski definition) is 5. The first kappa shape index (κ1) is 11.8. The summed E-state index contributed by atoms with van der Waals surface area (Å²) in [6.45, 7) is 1.98. The molecule has 5 heteroatoms. The lowest BCUT2D eigenvalue weighted by Gasteiger charge is -2.10. The van der Waals surface area contributed by atoms with Crippen molar-refractivity contribution in [1.82, 2.24) is 4.98 Å². The number of rotatable bonds is 3. The molecule has 2 aromatic rings. The lowest BCUT2D eigenvalue weighted by atomic mass is 10.2. The van der Waals surface area contributed by atoms with Crippen molar-refractivity contribution >= 4 is 0 Å². The fourth-order valence-electron chi connectivity index (χ4n) is 1.84. The smallest absolute Gasteiger partial charge is 0.231 e. The highest BCUT2D eigenvalue weighted by molar-refractivity contribution is 5.48. The Morgan fingerprint density at radius 1 is 1.26 bits per heavy atom. The molecule has 0 saturated carbocycles. The molecule has 0 bridgehead atoms. The van der Waals surface area contributed by atoms with Crippen LogP contribution in [0, 0.1) is 6.92 Å². The summed E-state index contributed by atoms with van der Waals surface area (Å²) in [4.78, 5) is 4.13. The molecule has 0 aliphatic carbocycles. The van der Waals surface area contributed by atoms with Crippen LogP contribution < -0.4 is 14.2 Å². The van der Waals surface area contributed by atoms with Gasteiger partial charge in [-0.2, -0.15) is 0 Å². The summed E-state index contributed by atoms with van der Waals surface area (Å²) in [6, 6.07) is 7.14. The van der Waals surface area contributed by atoms with E-state index >= 15 is 0 Å². The number of nitrogens with zero attached hydrogens (tertiary/aromatic N) is 1. The van der Waals surface area contributed by atoms with Crippen LogP contribution in [0.2, 0.25) is 0 Å². The van der Waals surface area contributed by atoms with Crippen LogP contribution >= 0.6 is 0 Å². The molecule has 1 aromatic carbocycles.